The molecule has 114 valence electrons. The molecule has 0 radical (unpaired) electrons. The lowest BCUT2D eigenvalue weighted by atomic mass is 9.85. The van der Waals surface area contributed by atoms with Crippen LogP contribution in [0, 0.1) is 0 Å². The third kappa shape index (κ3) is 2.33. The van der Waals surface area contributed by atoms with Crippen molar-refractivity contribution >= 4 is 16.7 Å². The molecule has 1 aromatic heterocycles. The Labute approximate surface area is 127 Å². The zero-order chi connectivity index (χ0) is 15.4. The highest BCUT2D eigenvalue weighted by Gasteiger charge is 2.31. The molecule has 0 unspecified atom stereocenters. The number of rotatable bonds is 0. The van der Waals surface area contributed by atoms with Gasteiger partial charge >= 0.3 is 0 Å². The summed E-state index contributed by atoms with van der Waals surface area (Å²) < 4.78 is 5.59. The normalized spacial score (nSPS) is 16.4. The Kier molecular flexibility index (Phi) is 3.09. The van der Waals surface area contributed by atoms with Crippen LogP contribution in [0.5, 0.6) is 0 Å². The Morgan fingerprint density at radius 1 is 1.10 bits per heavy atom. The molecule has 1 aromatic carbocycles. The van der Waals surface area contributed by atoms with Crippen molar-refractivity contribution in [3.8, 4) is 0 Å². The van der Waals surface area contributed by atoms with Gasteiger partial charge in [-0.25, -0.2) is 0 Å². The summed E-state index contributed by atoms with van der Waals surface area (Å²) in [6.07, 6.45) is 2.31. The summed E-state index contributed by atoms with van der Waals surface area (Å²) >= 11 is 0. The number of benzene rings is 1. The molecule has 3 heteroatoms. The molecule has 1 aliphatic heterocycles. The van der Waals surface area contributed by atoms with E-state index in [9.17, 15) is 0 Å². The summed E-state index contributed by atoms with van der Waals surface area (Å²) in [6, 6.07) is 4.29. The van der Waals surface area contributed by atoms with Gasteiger partial charge in [-0.3, -0.25) is 0 Å². The van der Waals surface area contributed by atoms with Crippen molar-refractivity contribution in [1.82, 2.24) is 5.16 Å². The minimum atomic E-state index is 0.00435. The third-order valence-electron chi connectivity index (χ3n) is 4.34. The Hall–Kier alpha value is -1.51. The zero-order valence-electron chi connectivity index (χ0n) is 14.1. The average Bonchev–Trinajstić information content (AvgIpc) is 2.80. The second kappa shape index (κ2) is 4.49. The van der Waals surface area contributed by atoms with Crippen LogP contribution in [0.3, 0.4) is 0 Å². The number of aryl methyl sites for hydroxylation is 1. The number of nitrogens with zero attached hydrogens (tertiary/aromatic N) is 2. The van der Waals surface area contributed by atoms with E-state index in [1.54, 1.807) is 0 Å². The van der Waals surface area contributed by atoms with Crippen LogP contribution in [-0.2, 0) is 11.8 Å². The zero-order valence-corrected chi connectivity index (χ0v) is 14.1. The highest BCUT2D eigenvalue weighted by atomic mass is 16.5. The van der Waals surface area contributed by atoms with E-state index in [4.69, 9.17) is 4.52 Å². The lowest BCUT2D eigenvalue weighted by molar-refractivity contribution is 0.419. The molecular formula is C18H26N2O. The van der Waals surface area contributed by atoms with Crippen LogP contribution >= 0.6 is 0 Å². The Bertz CT molecular complexity index is 671. The van der Waals surface area contributed by atoms with Gasteiger partial charge in [-0.05, 0) is 51.3 Å². The van der Waals surface area contributed by atoms with Gasteiger partial charge in [0, 0.05) is 23.2 Å². The monoisotopic (exact) mass is 286 g/mol. The van der Waals surface area contributed by atoms with E-state index in [-0.39, 0.29) is 11.0 Å². The molecule has 0 bridgehead atoms. The van der Waals surface area contributed by atoms with Gasteiger partial charge in [0.2, 0.25) is 0 Å². The predicted octanol–water partition coefficient (Wildman–Crippen LogP) is 4.68. The number of fused-ring (bicyclic) bond motifs is 3. The average molecular weight is 286 g/mol. The van der Waals surface area contributed by atoms with Gasteiger partial charge < -0.3 is 9.42 Å². The van der Waals surface area contributed by atoms with Gasteiger partial charge in [0.05, 0.1) is 11.1 Å². The van der Waals surface area contributed by atoms with E-state index in [2.05, 4.69) is 63.7 Å². The molecule has 21 heavy (non-hydrogen) atoms. The highest BCUT2D eigenvalue weighted by molar-refractivity contribution is 5.90. The Morgan fingerprint density at radius 2 is 1.81 bits per heavy atom. The van der Waals surface area contributed by atoms with Crippen LogP contribution in [0.4, 0.5) is 5.69 Å². The van der Waals surface area contributed by atoms with Crippen LogP contribution in [0.1, 0.15) is 59.2 Å². The van der Waals surface area contributed by atoms with Crippen LogP contribution in [0.25, 0.3) is 11.0 Å². The largest absolute Gasteiger partial charge is 0.366 e. The molecular weight excluding hydrogens is 260 g/mol. The lowest BCUT2D eigenvalue weighted by Gasteiger charge is -2.42. The molecule has 2 heterocycles. The van der Waals surface area contributed by atoms with Crippen molar-refractivity contribution in [3.63, 3.8) is 0 Å². The highest BCUT2D eigenvalue weighted by Crippen LogP contribution is 2.40. The summed E-state index contributed by atoms with van der Waals surface area (Å²) in [5.41, 5.74) is 4.93. The molecule has 0 amide bonds. The fraction of sp³-hybridized carbons (Fsp3) is 0.611. The lowest BCUT2D eigenvalue weighted by Crippen LogP contribution is -2.44. The van der Waals surface area contributed by atoms with Crippen LogP contribution < -0.4 is 4.90 Å². The van der Waals surface area contributed by atoms with E-state index < -0.39 is 0 Å². The number of anilines is 1. The summed E-state index contributed by atoms with van der Waals surface area (Å²) in [5, 5.41) is 5.61. The number of aromatic nitrogens is 1. The Balaban J connectivity index is 2.27. The van der Waals surface area contributed by atoms with E-state index >= 15 is 0 Å². The third-order valence-corrected chi connectivity index (χ3v) is 4.34. The summed E-state index contributed by atoms with van der Waals surface area (Å²) in [6.45, 7) is 14.6. The maximum atomic E-state index is 5.59. The SMILES string of the molecule is CC(C)(C)c1noc2ccc3c(c12)CCCN3C(C)(C)C. The molecule has 0 saturated carbocycles. The molecule has 2 aromatic rings. The number of hydrogen-bond donors (Lipinski definition) is 0. The predicted molar refractivity (Wildman–Crippen MR) is 88.1 cm³/mol. The summed E-state index contributed by atoms with van der Waals surface area (Å²) in [5.74, 6) is 0. The number of hydrogen-bond acceptors (Lipinski definition) is 3. The molecule has 0 fully saturated rings. The van der Waals surface area contributed by atoms with Crippen molar-refractivity contribution in [2.24, 2.45) is 0 Å². The van der Waals surface area contributed by atoms with Gasteiger partial charge in [0.1, 0.15) is 0 Å². The van der Waals surface area contributed by atoms with E-state index in [0.29, 0.717) is 0 Å². The summed E-state index contributed by atoms with van der Waals surface area (Å²) in [7, 11) is 0. The minimum absolute atomic E-state index is 0.00435. The van der Waals surface area contributed by atoms with Gasteiger partial charge in [-0.2, -0.15) is 0 Å². The van der Waals surface area contributed by atoms with Crippen molar-refractivity contribution in [2.75, 3.05) is 11.4 Å². The first-order valence-corrected chi connectivity index (χ1v) is 7.89. The molecule has 0 spiro atoms. The summed E-state index contributed by atoms with van der Waals surface area (Å²) in [4.78, 5) is 2.52. The maximum absolute atomic E-state index is 5.59. The molecule has 0 aliphatic carbocycles. The molecule has 0 saturated heterocycles. The van der Waals surface area contributed by atoms with Crippen LogP contribution in [-0.4, -0.2) is 17.2 Å². The molecule has 0 atom stereocenters. The molecule has 3 rings (SSSR count). The first-order chi connectivity index (χ1) is 9.69. The van der Waals surface area contributed by atoms with Crippen molar-refractivity contribution < 1.29 is 4.52 Å². The fourth-order valence-electron chi connectivity index (χ4n) is 3.34. The van der Waals surface area contributed by atoms with E-state index in [1.807, 2.05) is 0 Å². The maximum Gasteiger partial charge on any atom is 0.167 e. The van der Waals surface area contributed by atoms with Gasteiger partial charge in [0.15, 0.2) is 5.58 Å². The Morgan fingerprint density at radius 3 is 2.43 bits per heavy atom. The van der Waals surface area contributed by atoms with Crippen LogP contribution in [0.2, 0.25) is 0 Å². The van der Waals surface area contributed by atoms with Crippen molar-refractivity contribution in [2.45, 2.75) is 65.3 Å². The smallest absolute Gasteiger partial charge is 0.167 e. The fourth-order valence-corrected chi connectivity index (χ4v) is 3.34. The van der Waals surface area contributed by atoms with Crippen LogP contribution in [0.15, 0.2) is 16.7 Å². The molecule has 3 nitrogen and oxygen atoms in total. The standard InChI is InChI=1S/C18H26N2O/c1-17(2,3)16-15-12-8-7-11-20(18(4,5)6)13(12)9-10-14(15)21-19-16/h9-10H,7-8,11H2,1-6H3. The van der Waals surface area contributed by atoms with Gasteiger partial charge in [-0.15, -0.1) is 0 Å². The topological polar surface area (TPSA) is 29.3 Å². The molecule has 0 N–H and O–H groups in total. The van der Waals surface area contributed by atoms with E-state index in [0.717, 1.165) is 24.2 Å². The second-order valence-corrected chi connectivity index (χ2v) is 8.14. The minimum Gasteiger partial charge on any atom is -0.366 e. The quantitative estimate of drug-likeness (QED) is 0.704. The van der Waals surface area contributed by atoms with E-state index in [1.165, 1.54) is 23.1 Å². The first kappa shape index (κ1) is 14.4. The molecule has 1 aliphatic rings. The van der Waals surface area contributed by atoms with Crippen molar-refractivity contribution in [1.29, 1.82) is 0 Å². The first-order valence-electron chi connectivity index (χ1n) is 7.89. The van der Waals surface area contributed by atoms with Gasteiger partial charge in [0.25, 0.3) is 0 Å². The van der Waals surface area contributed by atoms with Crippen molar-refractivity contribution in [3.05, 3.63) is 23.4 Å². The second-order valence-electron chi connectivity index (χ2n) is 8.14. The van der Waals surface area contributed by atoms with Gasteiger partial charge in [-0.1, -0.05) is 25.9 Å².